The molecule has 0 heterocycles. The van der Waals surface area contributed by atoms with Crippen LogP contribution in [0.3, 0.4) is 0 Å². The summed E-state index contributed by atoms with van der Waals surface area (Å²) in [4.78, 5) is 23.7. The van der Waals surface area contributed by atoms with Gasteiger partial charge in [0.1, 0.15) is 0 Å². The van der Waals surface area contributed by atoms with Gasteiger partial charge in [0.15, 0.2) is 0 Å². The number of aliphatic hydroxyl groups is 1. The quantitative estimate of drug-likeness (QED) is 0.627. The number of amides is 2. The molecular weight excluding hydrogens is 256 g/mol. The molecule has 1 aliphatic rings. The van der Waals surface area contributed by atoms with E-state index >= 15 is 0 Å². The predicted molar refractivity (Wildman–Crippen MR) is 78.1 cm³/mol. The molecule has 0 bridgehead atoms. The van der Waals surface area contributed by atoms with Crippen molar-refractivity contribution in [1.82, 2.24) is 10.6 Å². The number of carbonyl (C=O) groups is 2. The van der Waals surface area contributed by atoms with Crippen LogP contribution < -0.4 is 10.6 Å². The van der Waals surface area contributed by atoms with Crippen LogP contribution in [0, 0.1) is 11.8 Å². The van der Waals surface area contributed by atoms with Crippen LogP contribution in [0.2, 0.25) is 0 Å². The van der Waals surface area contributed by atoms with Crippen molar-refractivity contribution in [2.24, 2.45) is 11.8 Å². The lowest BCUT2D eigenvalue weighted by Gasteiger charge is -2.17. The second kappa shape index (κ2) is 8.95. The maximum Gasteiger partial charge on any atom is 0.223 e. The fourth-order valence-electron chi connectivity index (χ4n) is 2.56. The zero-order valence-electron chi connectivity index (χ0n) is 12.7. The molecular formula is C15H28N2O3. The first-order valence-electron chi connectivity index (χ1n) is 7.70. The monoisotopic (exact) mass is 284 g/mol. The second-order valence-electron chi connectivity index (χ2n) is 6.02. The highest BCUT2D eigenvalue weighted by Crippen LogP contribution is 2.24. The van der Waals surface area contributed by atoms with Gasteiger partial charge in [-0.3, -0.25) is 9.59 Å². The molecule has 0 saturated heterocycles. The maximum atomic E-state index is 11.9. The van der Waals surface area contributed by atoms with Crippen molar-refractivity contribution < 1.29 is 14.7 Å². The third kappa shape index (κ3) is 6.37. The summed E-state index contributed by atoms with van der Waals surface area (Å²) in [6.07, 6.45) is 5.22. The van der Waals surface area contributed by atoms with Gasteiger partial charge >= 0.3 is 0 Å². The van der Waals surface area contributed by atoms with Crippen LogP contribution in [0.5, 0.6) is 0 Å². The second-order valence-corrected chi connectivity index (χ2v) is 6.02. The van der Waals surface area contributed by atoms with Gasteiger partial charge in [-0.1, -0.05) is 19.8 Å². The van der Waals surface area contributed by atoms with Crippen molar-refractivity contribution in [2.75, 3.05) is 13.2 Å². The summed E-state index contributed by atoms with van der Waals surface area (Å²) in [6, 6.07) is -0.128. The molecule has 0 aromatic heterocycles. The SMILES string of the molecule is CC(CCO)CNC(=O)CC(C)NC(=O)C1CCCC1. The Morgan fingerprint density at radius 3 is 2.50 bits per heavy atom. The predicted octanol–water partition coefficient (Wildman–Crippen LogP) is 1.21. The highest BCUT2D eigenvalue weighted by atomic mass is 16.3. The van der Waals surface area contributed by atoms with Crippen molar-refractivity contribution >= 4 is 11.8 Å². The molecule has 0 aromatic rings. The lowest BCUT2D eigenvalue weighted by molar-refractivity contribution is -0.126. The van der Waals surface area contributed by atoms with Gasteiger partial charge in [-0.2, -0.15) is 0 Å². The summed E-state index contributed by atoms with van der Waals surface area (Å²) in [5.41, 5.74) is 0. The van der Waals surface area contributed by atoms with Crippen LogP contribution in [0.1, 0.15) is 52.4 Å². The standard InChI is InChI=1S/C15H28N2O3/c1-11(7-8-18)10-16-14(19)9-12(2)17-15(20)13-5-3-4-6-13/h11-13,18H,3-10H2,1-2H3,(H,16,19)(H,17,20). The number of hydrogen-bond donors (Lipinski definition) is 3. The first-order valence-corrected chi connectivity index (χ1v) is 7.70. The molecule has 5 heteroatoms. The average molecular weight is 284 g/mol. The highest BCUT2D eigenvalue weighted by Gasteiger charge is 2.24. The van der Waals surface area contributed by atoms with Crippen LogP contribution in [-0.4, -0.2) is 36.1 Å². The molecule has 1 aliphatic carbocycles. The minimum absolute atomic E-state index is 0.0472. The first-order chi connectivity index (χ1) is 9.52. The number of carbonyl (C=O) groups excluding carboxylic acids is 2. The molecule has 1 saturated carbocycles. The fourth-order valence-corrected chi connectivity index (χ4v) is 2.56. The van der Waals surface area contributed by atoms with E-state index in [1.807, 2.05) is 13.8 Å². The molecule has 20 heavy (non-hydrogen) atoms. The molecule has 0 aliphatic heterocycles. The van der Waals surface area contributed by atoms with E-state index < -0.39 is 0 Å². The smallest absolute Gasteiger partial charge is 0.223 e. The third-order valence-corrected chi connectivity index (χ3v) is 3.88. The molecule has 2 unspecified atom stereocenters. The largest absolute Gasteiger partial charge is 0.396 e. The first kappa shape index (κ1) is 17.0. The van der Waals surface area contributed by atoms with E-state index in [9.17, 15) is 9.59 Å². The summed E-state index contributed by atoms with van der Waals surface area (Å²) in [7, 11) is 0. The minimum Gasteiger partial charge on any atom is -0.396 e. The van der Waals surface area contributed by atoms with E-state index in [4.69, 9.17) is 5.11 Å². The van der Waals surface area contributed by atoms with Gasteiger partial charge in [0.2, 0.25) is 11.8 Å². The van der Waals surface area contributed by atoms with Crippen LogP contribution in [0.15, 0.2) is 0 Å². The number of rotatable bonds is 8. The van der Waals surface area contributed by atoms with E-state index in [-0.39, 0.29) is 36.3 Å². The van der Waals surface area contributed by atoms with Crippen molar-refractivity contribution in [3.63, 3.8) is 0 Å². The van der Waals surface area contributed by atoms with Crippen molar-refractivity contribution in [3.8, 4) is 0 Å². The highest BCUT2D eigenvalue weighted by molar-refractivity contribution is 5.81. The Labute approximate surface area is 121 Å². The molecule has 0 radical (unpaired) electrons. The summed E-state index contributed by atoms with van der Waals surface area (Å²) in [5.74, 6) is 0.461. The van der Waals surface area contributed by atoms with E-state index in [0.717, 1.165) is 25.7 Å². The summed E-state index contributed by atoms with van der Waals surface area (Å²) in [6.45, 7) is 4.57. The molecule has 2 atom stereocenters. The molecule has 1 fully saturated rings. The molecule has 3 N–H and O–H groups in total. The van der Waals surface area contributed by atoms with Gasteiger partial charge < -0.3 is 15.7 Å². The Kier molecular flexibility index (Phi) is 7.59. The molecule has 116 valence electrons. The van der Waals surface area contributed by atoms with E-state index in [2.05, 4.69) is 10.6 Å². The minimum atomic E-state index is -0.128. The average Bonchev–Trinajstić information content (AvgIpc) is 2.90. The Morgan fingerprint density at radius 2 is 1.90 bits per heavy atom. The lowest BCUT2D eigenvalue weighted by atomic mass is 10.1. The van der Waals surface area contributed by atoms with Crippen molar-refractivity contribution in [3.05, 3.63) is 0 Å². The van der Waals surface area contributed by atoms with E-state index in [0.29, 0.717) is 19.4 Å². The molecule has 2 amide bonds. The van der Waals surface area contributed by atoms with Gasteiger partial charge in [-0.25, -0.2) is 0 Å². The van der Waals surface area contributed by atoms with Gasteiger partial charge in [0, 0.05) is 31.5 Å². The maximum absolute atomic E-state index is 11.9. The Morgan fingerprint density at radius 1 is 1.25 bits per heavy atom. The zero-order valence-corrected chi connectivity index (χ0v) is 12.7. The zero-order chi connectivity index (χ0) is 15.0. The molecule has 0 spiro atoms. The van der Waals surface area contributed by atoms with Crippen LogP contribution in [-0.2, 0) is 9.59 Å². The van der Waals surface area contributed by atoms with Crippen LogP contribution in [0.25, 0.3) is 0 Å². The molecule has 5 nitrogen and oxygen atoms in total. The summed E-state index contributed by atoms with van der Waals surface area (Å²) in [5, 5.41) is 14.6. The Bertz CT molecular complexity index is 314. The molecule has 1 rings (SSSR count). The van der Waals surface area contributed by atoms with Gasteiger partial charge in [0.25, 0.3) is 0 Å². The van der Waals surface area contributed by atoms with Gasteiger partial charge in [-0.15, -0.1) is 0 Å². The summed E-state index contributed by atoms with van der Waals surface area (Å²) < 4.78 is 0. The topological polar surface area (TPSA) is 78.4 Å². The van der Waals surface area contributed by atoms with Crippen LogP contribution in [0.4, 0.5) is 0 Å². The third-order valence-electron chi connectivity index (χ3n) is 3.88. The van der Waals surface area contributed by atoms with Crippen LogP contribution >= 0.6 is 0 Å². The normalized spacial score (nSPS) is 18.6. The van der Waals surface area contributed by atoms with Gasteiger partial charge in [-0.05, 0) is 32.1 Å². The van der Waals surface area contributed by atoms with E-state index in [1.165, 1.54) is 0 Å². The fraction of sp³-hybridized carbons (Fsp3) is 0.867. The summed E-state index contributed by atoms with van der Waals surface area (Å²) >= 11 is 0. The van der Waals surface area contributed by atoms with Crippen molar-refractivity contribution in [2.45, 2.75) is 58.4 Å². The number of aliphatic hydroxyl groups excluding tert-OH is 1. The van der Waals surface area contributed by atoms with E-state index in [1.54, 1.807) is 0 Å². The van der Waals surface area contributed by atoms with Crippen molar-refractivity contribution in [1.29, 1.82) is 0 Å². The lowest BCUT2D eigenvalue weighted by Crippen LogP contribution is -2.40. The number of nitrogens with one attached hydrogen (secondary N) is 2. The van der Waals surface area contributed by atoms with Gasteiger partial charge in [0.05, 0.1) is 0 Å². The molecule has 0 aromatic carbocycles. The Hall–Kier alpha value is -1.10. The Balaban J connectivity index is 2.18. The number of hydrogen-bond acceptors (Lipinski definition) is 3.